The zero-order valence-corrected chi connectivity index (χ0v) is 11.9. The van der Waals surface area contributed by atoms with Gasteiger partial charge in [-0.3, -0.25) is 4.98 Å². The molecule has 18 heavy (non-hydrogen) atoms. The van der Waals surface area contributed by atoms with Crippen molar-refractivity contribution < 1.29 is 4.39 Å². The molecule has 2 nitrogen and oxygen atoms in total. The standard InChI is InChI=1S/C14H17FN2Si/c1-18(2,3)12-6-7-14(13(15)9-12)17-11-5-4-8-16-10-11/h4-10,17H,1-3H3. The van der Waals surface area contributed by atoms with Gasteiger partial charge in [-0.1, -0.05) is 30.9 Å². The second-order valence-electron chi connectivity index (χ2n) is 5.31. The number of rotatable bonds is 3. The van der Waals surface area contributed by atoms with Gasteiger partial charge in [0.1, 0.15) is 5.82 Å². The van der Waals surface area contributed by atoms with E-state index < -0.39 is 8.07 Å². The maximum atomic E-state index is 14.0. The Morgan fingerprint density at radius 2 is 1.94 bits per heavy atom. The highest BCUT2D eigenvalue weighted by Crippen LogP contribution is 2.19. The molecule has 2 rings (SSSR count). The van der Waals surface area contributed by atoms with E-state index in [4.69, 9.17) is 0 Å². The summed E-state index contributed by atoms with van der Waals surface area (Å²) in [5.41, 5.74) is 1.28. The third-order valence-corrected chi connectivity index (χ3v) is 4.82. The first-order valence-corrected chi connectivity index (χ1v) is 9.44. The highest BCUT2D eigenvalue weighted by molar-refractivity contribution is 6.88. The fourth-order valence-electron chi connectivity index (χ4n) is 1.68. The molecule has 0 saturated carbocycles. The summed E-state index contributed by atoms with van der Waals surface area (Å²) in [5, 5.41) is 4.15. The summed E-state index contributed by atoms with van der Waals surface area (Å²) >= 11 is 0. The predicted molar refractivity (Wildman–Crippen MR) is 76.9 cm³/mol. The lowest BCUT2D eigenvalue weighted by Crippen LogP contribution is -2.37. The molecule has 0 fully saturated rings. The Kier molecular flexibility index (Phi) is 3.47. The quantitative estimate of drug-likeness (QED) is 0.854. The van der Waals surface area contributed by atoms with Gasteiger partial charge >= 0.3 is 0 Å². The third kappa shape index (κ3) is 2.95. The van der Waals surface area contributed by atoms with E-state index in [2.05, 4.69) is 29.9 Å². The van der Waals surface area contributed by atoms with Gasteiger partial charge in [0.25, 0.3) is 0 Å². The van der Waals surface area contributed by atoms with E-state index in [1.54, 1.807) is 24.5 Å². The molecule has 0 aliphatic carbocycles. The van der Waals surface area contributed by atoms with E-state index in [-0.39, 0.29) is 5.82 Å². The monoisotopic (exact) mass is 260 g/mol. The van der Waals surface area contributed by atoms with Gasteiger partial charge in [0.05, 0.1) is 25.6 Å². The van der Waals surface area contributed by atoms with Gasteiger partial charge in [0.2, 0.25) is 0 Å². The van der Waals surface area contributed by atoms with Crippen molar-refractivity contribution in [3.63, 3.8) is 0 Å². The molecule has 0 radical (unpaired) electrons. The van der Waals surface area contributed by atoms with E-state index in [9.17, 15) is 4.39 Å². The minimum absolute atomic E-state index is 0.209. The molecule has 4 heteroatoms. The van der Waals surface area contributed by atoms with Crippen molar-refractivity contribution in [2.24, 2.45) is 0 Å². The van der Waals surface area contributed by atoms with Crippen LogP contribution in [-0.2, 0) is 0 Å². The van der Waals surface area contributed by atoms with E-state index in [1.165, 1.54) is 0 Å². The molecule has 0 bridgehead atoms. The Bertz CT molecular complexity index is 535. The molecule has 2 aromatic rings. The number of nitrogens with zero attached hydrogens (tertiary/aromatic N) is 1. The van der Waals surface area contributed by atoms with Crippen molar-refractivity contribution in [1.82, 2.24) is 4.98 Å². The number of aromatic nitrogens is 1. The summed E-state index contributed by atoms with van der Waals surface area (Å²) in [6.45, 7) is 6.61. The Labute approximate surface area is 108 Å². The number of anilines is 2. The molecule has 0 unspecified atom stereocenters. The highest BCUT2D eigenvalue weighted by Gasteiger charge is 2.17. The van der Waals surface area contributed by atoms with Crippen molar-refractivity contribution >= 4 is 24.6 Å². The maximum Gasteiger partial charge on any atom is 0.146 e. The molecule has 1 aromatic carbocycles. The molecule has 0 amide bonds. The van der Waals surface area contributed by atoms with Gasteiger partial charge in [-0.25, -0.2) is 4.39 Å². The Morgan fingerprint density at radius 3 is 2.50 bits per heavy atom. The fraction of sp³-hybridized carbons (Fsp3) is 0.214. The predicted octanol–water partition coefficient (Wildman–Crippen LogP) is 3.51. The summed E-state index contributed by atoms with van der Waals surface area (Å²) in [4.78, 5) is 3.99. The molecule has 0 saturated heterocycles. The first-order valence-electron chi connectivity index (χ1n) is 5.94. The van der Waals surface area contributed by atoms with Crippen molar-refractivity contribution in [3.8, 4) is 0 Å². The smallest absolute Gasteiger partial charge is 0.146 e. The molecule has 1 heterocycles. The van der Waals surface area contributed by atoms with Crippen LogP contribution in [0, 0.1) is 5.82 Å². The SMILES string of the molecule is C[Si](C)(C)c1ccc(Nc2cccnc2)c(F)c1. The van der Waals surface area contributed by atoms with Gasteiger partial charge in [-0.15, -0.1) is 0 Å². The first-order chi connectivity index (χ1) is 8.47. The van der Waals surface area contributed by atoms with Crippen LogP contribution in [0.5, 0.6) is 0 Å². The lowest BCUT2D eigenvalue weighted by atomic mass is 10.3. The third-order valence-electron chi connectivity index (χ3n) is 2.78. The minimum atomic E-state index is -1.46. The largest absolute Gasteiger partial charge is 0.352 e. The van der Waals surface area contributed by atoms with Crippen LogP contribution >= 0.6 is 0 Å². The molecule has 0 atom stereocenters. The zero-order valence-electron chi connectivity index (χ0n) is 10.9. The summed E-state index contributed by atoms with van der Waals surface area (Å²) in [6, 6.07) is 9.13. The molecule has 1 N–H and O–H groups in total. The summed E-state index contributed by atoms with van der Waals surface area (Å²) < 4.78 is 14.0. The second kappa shape index (κ2) is 4.90. The van der Waals surface area contributed by atoms with E-state index in [1.807, 2.05) is 18.2 Å². The van der Waals surface area contributed by atoms with Crippen molar-refractivity contribution in [2.45, 2.75) is 19.6 Å². The van der Waals surface area contributed by atoms with Gasteiger partial charge in [-0.05, 0) is 24.3 Å². The molecule has 0 aliphatic rings. The molecule has 0 aliphatic heterocycles. The molecular weight excluding hydrogens is 243 g/mol. The number of nitrogens with one attached hydrogen (secondary N) is 1. The van der Waals surface area contributed by atoms with Crippen LogP contribution < -0.4 is 10.5 Å². The van der Waals surface area contributed by atoms with Crippen LogP contribution in [0.25, 0.3) is 0 Å². The van der Waals surface area contributed by atoms with Crippen molar-refractivity contribution in [3.05, 3.63) is 48.5 Å². The van der Waals surface area contributed by atoms with Crippen LogP contribution in [0.3, 0.4) is 0 Å². The topological polar surface area (TPSA) is 24.9 Å². The van der Waals surface area contributed by atoms with Gasteiger partial charge < -0.3 is 5.32 Å². The normalized spacial score (nSPS) is 11.3. The summed E-state index contributed by atoms with van der Waals surface area (Å²) in [6.07, 6.45) is 3.36. The van der Waals surface area contributed by atoms with Crippen molar-refractivity contribution in [1.29, 1.82) is 0 Å². The Balaban J connectivity index is 2.26. The molecule has 1 aromatic heterocycles. The van der Waals surface area contributed by atoms with Gasteiger partial charge in [0, 0.05) is 6.20 Å². The lowest BCUT2D eigenvalue weighted by Gasteiger charge is -2.17. The Morgan fingerprint density at radius 1 is 1.17 bits per heavy atom. The number of benzene rings is 1. The fourth-order valence-corrected chi connectivity index (χ4v) is 2.82. The molecule has 94 valence electrons. The Hall–Kier alpha value is -1.68. The lowest BCUT2D eigenvalue weighted by molar-refractivity contribution is 0.633. The maximum absolute atomic E-state index is 14.0. The van der Waals surface area contributed by atoms with Crippen LogP contribution in [0.4, 0.5) is 15.8 Å². The van der Waals surface area contributed by atoms with Crippen LogP contribution in [0.1, 0.15) is 0 Å². The van der Waals surface area contributed by atoms with Crippen LogP contribution in [0.2, 0.25) is 19.6 Å². The van der Waals surface area contributed by atoms with E-state index in [0.29, 0.717) is 5.69 Å². The number of hydrogen-bond donors (Lipinski definition) is 1. The first kappa shape index (κ1) is 12.8. The highest BCUT2D eigenvalue weighted by atomic mass is 28.3. The average molecular weight is 260 g/mol. The molecular formula is C14H17FN2Si. The van der Waals surface area contributed by atoms with Crippen LogP contribution in [-0.4, -0.2) is 13.1 Å². The van der Waals surface area contributed by atoms with Gasteiger partial charge in [0.15, 0.2) is 0 Å². The zero-order chi connectivity index (χ0) is 13.2. The number of hydrogen-bond acceptors (Lipinski definition) is 2. The average Bonchev–Trinajstić information content (AvgIpc) is 2.32. The molecule has 0 spiro atoms. The minimum Gasteiger partial charge on any atom is -0.352 e. The number of halogens is 1. The van der Waals surface area contributed by atoms with E-state index >= 15 is 0 Å². The summed E-state index contributed by atoms with van der Waals surface area (Å²) in [7, 11) is -1.46. The second-order valence-corrected chi connectivity index (χ2v) is 10.4. The number of pyridine rings is 1. The summed E-state index contributed by atoms with van der Waals surface area (Å²) in [5.74, 6) is -0.209. The van der Waals surface area contributed by atoms with Crippen LogP contribution in [0.15, 0.2) is 42.7 Å². The van der Waals surface area contributed by atoms with Crippen molar-refractivity contribution in [2.75, 3.05) is 5.32 Å². The van der Waals surface area contributed by atoms with E-state index in [0.717, 1.165) is 10.9 Å². The van der Waals surface area contributed by atoms with Gasteiger partial charge in [-0.2, -0.15) is 0 Å².